The number of aromatic nitrogens is 4. The van der Waals surface area contributed by atoms with Crippen LogP contribution in [0.25, 0.3) is 0 Å². The maximum Gasteiger partial charge on any atom is 0.246 e. The molecule has 1 aromatic carbocycles. The molecule has 0 bridgehead atoms. The van der Waals surface area contributed by atoms with Gasteiger partial charge < -0.3 is 5.32 Å². The van der Waals surface area contributed by atoms with Crippen LogP contribution in [0.3, 0.4) is 0 Å². The van der Waals surface area contributed by atoms with Crippen molar-refractivity contribution in [2.45, 2.75) is 40.8 Å². The Hall–Kier alpha value is -1.83. The SMILES string of the molecule is Cc1nn(CC(=O)Nc2c(C)nn(Cc3ccc(Cl)cc3Cl)c2C)c(C)c1Br. The molecule has 0 aliphatic heterocycles. The summed E-state index contributed by atoms with van der Waals surface area (Å²) in [6, 6.07) is 5.38. The number of carbonyl (C=O) groups is 1. The van der Waals surface area contributed by atoms with Gasteiger partial charge >= 0.3 is 0 Å². The Kier molecular flexibility index (Phi) is 6.17. The maximum atomic E-state index is 12.6. The number of aryl methyl sites for hydroxylation is 2. The van der Waals surface area contributed by atoms with Crippen molar-refractivity contribution >= 4 is 50.7 Å². The molecule has 0 aliphatic rings. The molecule has 0 radical (unpaired) electrons. The standard InChI is InChI=1S/C19H20BrCl2N5O/c1-10-18(20)12(3)27(24-10)9-17(28)23-19-11(2)25-26(13(19)4)8-14-5-6-15(21)7-16(14)22/h5-7H,8-9H2,1-4H3,(H,23,28). The molecule has 9 heteroatoms. The second-order valence-electron chi connectivity index (χ2n) is 6.63. The van der Waals surface area contributed by atoms with E-state index in [1.54, 1.807) is 16.8 Å². The Morgan fingerprint density at radius 1 is 1.07 bits per heavy atom. The quantitative estimate of drug-likeness (QED) is 0.549. The predicted molar refractivity (Wildman–Crippen MR) is 115 cm³/mol. The molecule has 3 aromatic rings. The van der Waals surface area contributed by atoms with Gasteiger partial charge in [0, 0.05) is 10.0 Å². The fourth-order valence-electron chi connectivity index (χ4n) is 2.99. The predicted octanol–water partition coefficient (Wildman–Crippen LogP) is 5.07. The summed E-state index contributed by atoms with van der Waals surface area (Å²) in [7, 11) is 0. The van der Waals surface area contributed by atoms with Crippen LogP contribution in [0, 0.1) is 27.7 Å². The fourth-order valence-corrected chi connectivity index (χ4v) is 3.74. The van der Waals surface area contributed by atoms with Gasteiger partial charge in [0.1, 0.15) is 6.54 Å². The van der Waals surface area contributed by atoms with Crippen LogP contribution in [0.1, 0.15) is 28.3 Å². The van der Waals surface area contributed by atoms with Crippen molar-refractivity contribution in [3.05, 3.63) is 61.1 Å². The summed E-state index contributed by atoms with van der Waals surface area (Å²) in [5.41, 5.74) is 4.97. The number of amides is 1. The largest absolute Gasteiger partial charge is 0.321 e. The van der Waals surface area contributed by atoms with E-state index >= 15 is 0 Å². The van der Waals surface area contributed by atoms with Crippen LogP contribution in [0.2, 0.25) is 10.0 Å². The number of nitrogens with one attached hydrogen (secondary N) is 1. The third-order valence-corrected chi connectivity index (χ3v) is 6.30. The highest BCUT2D eigenvalue weighted by molar-refractivity contribution is 9.10. The number of nitrogens with zero attached hydrogens (tertiary/aromatic N) is 4. The van der Waals surface area contributed by atoms with Crippen molar-refractivity contribution in [2.75, 3.05) is 5.32 Å². The van der Waals surface area contributed by atoms with E-state index in [1.165, 1.54) is 0 Å². The monoisotopic (exact) mass is 483 g/mol. The highest BCUT2D eigenvalue weighted by Gasteiger charge is 2.17. The van der Waals surface area contributed by atoms with E-state index in [0.29, 0.717) is 22.3 Å². The van der Waals surface area contributed by atoms with Gasteiger partial charge in [0.15, 0.2) is 0 Å². The Bertz CT molecular complexity index is 1060. The van der Waals surface area contributed by atoms with Crippen LogP contribution in [-0.4, -0.2) is 25.5 Å². The summed E-state index contributed by atoms with van der Waals surface area (Å²) < 4.78 is 4.41. The second-order valence-corrected chi connectivity index (χ2v) is 8.27. The van der Waals surface area contributed by atoms with Crippen molar-refractivity contribution in [3.63, 3.8) is 0 Å². The number of benzene rings is 1. The van der Waals surface area contributed by atoms with Crippen LogP contribution < -0.4 is 5.32 Å². The zero-order chi connectivity index (χ0) is 20.6. The first-order chi connectivity index (χ1) is 13.2. The molecule has 0 fully saturated rings. The molecule has 0 atom stereocenters. The Morgan fingerprint density at radius 3 is 2.36 bits per heavy atom. The first-order valence-electron chi connectivity index (χ1n) is 8.64. The highest BCUT2D eigenvalue weighted by atomic mass is 79.9. The summed E-state index contributed by atoms with van der Waals surface area (Å²) in [5, 5.41) is 13.1. The first kappa shape index (κ1) is 20.9. The first-order valence-corrected chi connectivity index (χ1v) is 10.2. The zero-order valence-corrected chi connectivity index (χ0v) is 19.1. The number of rotatable bonds is 5. The summed E-state index contributed by atoms with van der Waals surface area (Å²) >= 11 is 15.7. The van der Waals surface area contributed by atoms with E-state index in [0.717, 1.165) is 32.8 Å². The molecule has 2 aromatic heterocycles. The molecule has 3 rings (SSSR count). The zero-order valence-electron chi connectivity index (χ0n) is 16.0. The molecule has 0 saturated carbocycles. The summed E-state index contributed by atoms with van der Waals surface area (Å²) in [6.45, 7) is 8.21. The highest BCUT2D eigenvalue weighted by Crippen LogP contribution is 2.25. The molecule has 28 heavy (non-hydrogen) atoms. The van der Waals surface area contributed by atoms with Crippen molar-refractivity contribution < 1.29 is 4.79 Å². The number of anilines is 1. The summed E-state index contributed by atoms with van der Waals surface area (Å²) in [5.74, 6) is -0.159. The molecule has 0 unspecified atom stereocenters. The summed E-state index contributed by atoms with van der Waals surface area (Å²) in [4.78, 5) is 12.6. The molecule has 0 aliphatic carbocycles. The number of halogens is 3. The minimum atomic E-state index is -0.159. The van der Waals surface area contributed by atoms with Gasteiger partial charge in [-0.15, -0.1) is 0 Å². The second kappa shape index (κ2) is 8.27. The van der Waals surface area contributed by atoms with E-state index < -0.39 is 0 Å². The van der Waals surface area contributed by atoms with Crippen LogP contribution in [0.15, 0.2) is 22.7 Å². The van der Waals surface area contributed by atoms with Crippen LogP contribution in [0.5, 0.6) is 0 Å². The Morgan fingerprint density at radius 2 is 1.75 bits per heavy atom. The van der Waals surface area contributed by atoms with Crippen molar-refractivity contribution in [2.24, 2.45) is 0 Å². The van der Waals surface area contributed by atoms with Gasteiger partial charge in [0.05, 0.1) is 39.5 Å². The van der Waals surface area contributed by atoms with Gasteiger partial charge in [-0.25, -0.2) is 0 Å². The van der Waals surface area contributed by atoms with Crippen molar-refractivity contribution in [1.82, 2.24) is 19.6 Å². The molecule has 148 valence electrons. The fraction of sp³-hybridized carbons (Fsp3) is 0.316. The van der Waals surface area contributed by atoms with E-state index in [2.05, 4.69) is 31.4 Å². The average Bonchev–Trinajstić information content (AvgIpc) is 3.02. The Balaban J connectivity index is 1.77. The van der Waals surface area contributed by atoms with Crippen LogP contribution in [-0.2, 0) is 17.9 Å². The van der Waals surface area contributed by atoms with E-state index in [-0.39, 0.29) is 12.5 Å². The van der Waals surface area contributed by atoms with E-state index in [4.69, 9.17) is 23.2 Å². The van der Waals surface area contributed by atoms with Gasteiger partial charge in [-0.05, 0) is 61.3 Å². The molecule has 6 nitrogen and oxygen atoms in total. The number of carbonyl (C=O) groups excluding carboxylic acids is 1. The summed E-state index contributed by atoms with van der Waals surface area (Å²) in [6.07, 6.45) is 0. The maximum absolute atomic E-state index is 12.6. The third-order valence-electron chi connectivity index (χ3n) is 4.57. The number of hydrogen-bond donors (Lipinski definition) is 1. The number of hydrogen-bond acceptors (Lipinski definition) is 3. The molecule has 0 spiro atoms. The third kappa shape index (κ3) is 4.26. The van der Waals surface area contributed by atoms with Crippen molar-refractivity contribution in [3.8, 4) is 0 Å². The Labute approximate surface area is 182 Å². The van der Waals surface area contributed by atoms with Gasteiger partial charge in [-0.1, -0.05) is 29.3 Å². The molecule has 0 saturated heterocycles. The normalized spacial score (nSPS) is 11.1. The minimum absolute atomic E-state index is 0.130. The minimum Gasteiger partial charge on any atom is -0.321 e. The molecule has 1 N–H and O–H groups in total. The molecular weight excluding hydrogens is 465 g/mol. The lowest BCUT2D eigenvalue weighted by molar-refractivity contribution is -0.116. The average molecular weight is 485 g/mol. The van der Waals surface area contributed by atoms with E-state index in [1.807, 2.05) is 38.4 Å². The van der Waals surface area contributed by atoms with Crippen LogP contribution in [0.4, 0.5) is 5.69 Å². The molecular formula is C19H20BrCl2N5O. The van der Waals surface area contributed by atoms with Gasteiger partial charge in [-0.3, -0.25) is 14.2 Å². The topological polar surface area (TPSA) is 64.7 Å². The smallest absolute Gasteiger partial charge is 0.246 e. The van der Waals surface area contributed by atoms with Gasteiger partial charge in [0.2, 0.25) is 5.91 Å². The van der Waals surface area contributed by atoms with Gasteiger partial charge in [0.25, 0.3) is 0 Å². The molecule has 2 heterocycles. The lowest BCUT2D eigenvalue weighted by Crippen LogP contribution is -2.21. The lowest BCUT2D eigenvalue weighted by atomic mass is 10.2. The van der Waals surface area contributed by atoms with Crippen LogP contribution >= 0.6 is 39.1 Å². The molecule has 1 amide bonds. The lowest BCUT2D eigenvalue weighted by Gasteiger charge is -2.09. The van der Waals surface area contributed by atoms with Crippen molar-refractivity contribution in [1.29, 1.82) is 0 Å². The van der Waals surface area contributed by atoms with E-state index in [9.17, 15) is 4.79 Å². The van der Waals surface area contributed by atoms with Gasteiger partial charge in [-0.2, -0.15) is 10.2 Å².